The molecule has 1 amide bonds. The van der Waals surface area contributed by atoms with Crippen molar-refractivity contribution in [3.63, 3.8) is 0 Å². The van der Waals surface area contributed by atoms with E-state index >= 15 is 0 Å². The van der Waals surface area contributed by atoms with Gasteiger partial charge in [0.05, 0.1) is 11.8 Å². The zero-order valence-electron chi connectivity index (χ0n) is 23.9. The molecule has 42 heavy (non-hydrogen) atoms. The maximum atomic E-state index is 13.4. The summed E-state index contributed by atoms with van der Waals surface area (Å²) in [7, 11) is -4.04. The molecule has 2 aliphatic carbocycles. The van der Waals surface area contributed by atoms with Gasteiger partial charge in [0.2, 0.25) is 0 Å². The molecular weight excluding hydrogens is 574 g/mol. The van der Waals surface area contributed by atoms with Crippen molar-refractivity contribution < 1.29 is 23.1 Å². The minimum atomic E-state index is -4.04. The van der Waals surface area contributed by atoms with Gasteiger partial charge < -0.3 is 14.7 Å². The zero-order chi connectivity index (χ0) is 29.3. The second kappa shape index (κ2) is 12.6. The Labute approximate surface area is 253 Å². The molecule has 0 spiro atoms. The van der Waals surface area contributed by atoms with Crippen molar-refractivity contribution in [2.75, 3.05) is 31.1 Å². The normalized spacial score (nSPS) is 27.7. The number of hydrogen-bond acceptors (Lipinski definition) is 6. The van der Waals surface area contributed by atoms with E-state index in [4.69, 9.17) is 16.3 Å². The summed E-state index contributed by atoms with van der Waals surface area (Å²) in [5.41, 5.74) is 3.30. The molecule has 2 heterocycles. The van der Waals surface area contributed by atoms with Gasteiger partial charge in [-0.2, -0.15) is 12.7 Å². The Bertz CT molecular complexity index is 1440. The fourth-order valence-corrected chi connectivity index (χ4v) is 7.80. The fraction of sp³-hybridized carbons (Fsp3) is 0.531. The number of hydrogen-bond donors (Lipinski definition) is 2. The lowest BCUT2D eigenvalue weighted by Crippen LogP contribution is -2.45. The third kappa shape index (κ3) is 6.80. The third-order valence-corrected chi connectivity index (χ3v) is 10.9. The van der Waals surface area contributed by atoms with Crippen LogP contribution < -0.4 is 14.4 Å². The maximum Gasteiger partial charge on any atom is 0.304 e. The molecule has 4 aliphatic rings. The topological polar surface area (TPSA) is 99.2 Å². The van der Waals surface area contributed by atoms with Crippen LogP contribution in [0.1, 0.15) is 66.4 Å². The van der Waals surface area contributed by atoms with Crippen LogP contribution >= 0.6 is 11.6 Å². The first-order chi connectivity index (χ1) is 20.3. The number of aliphatic hydroxyl groups excluding tert-OH is 1. The molecule has 2 N–H and O–H groups in total. The number of fused-ring (bicyclic) bond motifs is 3. The van der Waals surface area contributed by atoms with E-state index in [-0.39, 0.29) is 18.0 Å². The predicted molar refractivity (Wildman–Crippen MR) is 164 cm³/mol. The summed E-state index contributed by atoms with van der Waals surface area (Å²) in [6.07, 6.45) is 10.4. The van der Waals surface area contributed by atoms with Gasteiger partial charge in [0, 0.05) is 36.8 Å². The number of aryl methyl sites for hydroxylation is 1. The molecule has 8 nitrogen and oxygen atoms in total. The van der Waals surface area contributed by atoms with Crippen LogP contribution in [-0.2, 0) is 23.2 Å². The van der Waals surface area contributed by atoms with Crippen LogP contribution in [-0.4, -0.2) is 56.0 Å². The van der Waals surface area contributed by atoms with Crippen molar-refractivity contribution in [1.29, 1.82) is 0 Å². The van der Waals surface area contributed by atoms with Crippen molar-refractivity contribution in [3.05, 3.63) is 70.3 Å². The van der Waals surface area contributed by atoms with E-state index in [1.807, 2.05) is 30.4 Å². The first-order valence-corrected chi connectivity index (χ1v) is 17.0. The Hall–Kier alpha value is -2.59. The molecule has 2 saturated carbocycles. The number of nitrogens with one attached hydrogen (secondary N) is 1. The lowest BCUT2D eigenvalue weighted by molar-refractivity contribution is 0.0461. The second-order valence-corrected chi connectivity index (χ2v) is 14.3. The molecule has 2 aliphatic heterocycles. The molecule has 3 atom stereocenters. The number of benzene rings is 2. The van der Waals surface area contributed by atoms with Crippen molar-refractivity contribution in [3.8, 4) is 5.75 Å². The summed E-state index contributed by atoms with van der Waals surface area (Å²) in [6.45, 7) is 2.49. The van der Waals surface area contributed by atoms with E-state index in [1.165, 1.54) is 9.87 Å². The average molecular weight is 614 g/mol. The van der Waals surface area contributed by atoms with Crippen molar-refractivity contribution >= 4 is 33.4 Å². The number of amides is 1. The average Bonchev–Trinajstić information content (AvgIpc) is 3.76. The molecule has 2 aromatic rings. The van der Waals surface area contributed by atoms with E-state index in [2.05, 4.69) is 9.62 Å². The van der Waals surface area contributed by atoms with Crippen LogP contribution in [0.5, 0.6) is 5.75 Å². The van der Waals surface area contributed by atoms with Gasteiger partial charge in [0.25, 0.3) is 5.91 Å². The molecule has 0 saturated heterocycles. The smallest absolute Gasteiger partial charge is 0.304 e. The van der Waals surface area contributed by atoms with E-state index in [0.717, 1.165) is 69.3 Å². The molecule has 0 unspecified atom stereocenters. The maximum absolute atomic E-state index is 13.4. The number of anilines is 1. The van der Waals surface area contributed by atoms with Crippen LogP contribution in [0.25, 0.3) is 0 Å². The number of carbonyl (C=O) groups is 1. The van der Waals surface area contributed by atoms with Gasteiger partial charge in [-0.3, -0.25) is 4.79 Å². The van der Waals surface area contributed by atoms with Gasteiger partial charge in [0.1, 0.15) is 12.4 Å². The summed E-state index contributed by atoms with van der Waals surface area (Å²) in [6, 6.07) is 11.1. The SMILES string of the molecule is O=C1NS(=O)(=O)N(CC2CC2)CC/C=C/[C@H](O)[C@@H]2CC[C@H]2CN2CCCCc3cc(Cl)ccc3COc3ccc1cc32. The van der Waals surface area contributed by atoms with E-state index in [0.29, 0.717) is 42.2 Å². The van der Waals surface area contributed by atoms with Gasteiger partial charge in [-0.25, -0.2) is 4.72 Å². The lowest BCUT2D eigenvalue weighted by atomic mass is 9.70. The third-order valence-electron chi connectivity index (χ3n) is 9.21. The molecule has 2 aromatic carbocycles. The molecular formula is C32H40ClN3O5S. The Balaban J connectivity index is 1.36. The van der Waals surface area contributed by atoms with Crippen molar-refractivity contribution in [2.45, 2.75) is 64.1 Å². The molecule has 226 valence electrons. The van der Waals surface area contributed by atoms with Gasteiger partial charge in [0.15, 0.2) is 0 Å². The molecule has 6 rings (SSSR count). The number of carbonyl (C=O) groups excluding carboxylic acids is 1. The number of ether oxygens (including phenoxy) is 1. The number of rotatable bonds is 2. The quantitative estimate of drug-likeness (QED) is 0.458. The lowest BCUT2D eigenvalue weighted by Gasteiger charge is -2.42. The largest absolute Gasteiger partial charge is 0.487 e. The van der Waals surface area contributed by atoms with Crippen molar-refractivity contribution in [2.24, 2.45) is 17.8 Å². The monoisotopic (exact) mass is 613 g/mol. The fourth-order valence-electron chi connectivity index (χ4n) is 6.37. The molecule has 2 fully saturated rings. The Morgan fingerprint density at radius 2 is 1.88 bits per heavy atom. The predicted octanol–water partition coefficient (Wildman–Crippen LogP) is 5.10. The van der Waals surface area contributed by atoms with Crippen LogP contribution in [0.15, 0.2) is 48.6 Å². The minimum absolute atomic E-state index is 0.140. The van der Waals surface area contributed by atoms with Crippen molar-refractivity contribution in [1.82, 2.24) is 9.03 Å². The first kappa shape index (κ1) is 29.5. The highest BCUT2D eigenvalue weighted by Gasteiger charge is 2.37. The van der Waals surface area contributed by atoms with E-state index in [1.54, 1.807) is 18.2 Å². The zero-order valence-corrected chi connectivity index (χ0v) is 25.5. The summed E-state index contributed by atoms with van der Waals surface area (Å²) < 4.78 is 36.8. The first-order valence-electron chi connectivity index (χ1n) is 15.2. The second-order valence-electron chi connectivity index (χ2n) is 12.2. The van der Waals surface area contributed by atoms with Crippen LogP contribution in [0.2, 0.25) is 5.02 Å². The standard InChI is InChI=1S/C32H40ClN3O5S/c33-27-12-9-26-21-41-31-14-11-24-18-29(31)35(15-3-1-5-23(26)17-27)20-25-10-13-28(25)30(37)6-2-4-16-36(19-22-7-8-22)42(39,40)34-32(24)38/h2,6,9,11-12,14,17-18,22,25,28,30,37H,1,3-5,7-8,10,13,15-16,19-21H2,(H,34,38)/b6-2+/t25-,28+,30-/m0/s1. The van der Waals surface area contributed by atoms with Crippen LogP contribution in [0, 0.1) is 17.8 Å². The molecule has 0 aromatic heterocycles. The van der Waals surface area contributed by atoms with E-state index in [9.17, 15) is 18.3 Å². The highest BCUT2D eigenvalue weighted by atomic mass is 35.5. The molecule has 0 radical (unpaired) electrons. The Morgan fingerprint density at radius 1 is 1.02 bits per heavy atom. The van der Waals surface area contributed by atoms with Crippen LogP contribution in [0.3, 0.4) is 0 Å². The molecule has 2 bridgehead atoms. The van der Waals surface area contributed by atoms with E-state index < -0.39 is 22.2 Å². The summed E-state index contributed by atoms with van der Waals surface area (Å²) in [5.74, 6) is 0.766. The Kier molecular flexibility index (Phi) is 8.82. The Morgan fingerprint density at radius 3 is 2.67 bits per heavy atom. The highest BCUT2D eigenvalue weighted by molar-refractivity contribution is 7.87. The number of nitrogens with zero attached hydrogens (tertiary/aromatic N) is 2. The minimum Gasteiger partial charge on any atom is -0.487 e. The van der Waals surface area contributed by atoms with Gasteiger partial charge in [-0.1, -0.05) is 29.8 Å². The van der Waals surface area contributed by atoms with Gasteiger partial charge in [-0.15, -0.1) is 0 Å². The molecule has 10 heteroatoms. The summed E-state index contributed by atoms with van der Waals surface area (Å²) in [5, 5.41) is 11.8. The van der Waals surface area contributed by atoms with Gasteiger partial charge >= 0.3 is 10.2 Å². The van der Waals surface area contributed by atoms with Crippen LogP contribution in [0.4, 0.5) is 5.69 Å². The highest BCUT2D eigenvalue weighted by Crippen LogP contribution is 2.41. The number of aliphatic hydroxyl groups is 1. The summed E-state index contributed by atoms with van der Waals surface area (Å²) >= 11 is 6.31. The number of halogens is 1. The van der Waals surface area contributed by atoms with Gasteiger partial charge in [-0.05, 0) is 111 Å². The summed E-state index contributed by atoms with van der Waals surface area (Å²) in [4.78, 5) is 15.7.